The Labute approximate surface area is 127 Å². The van der Waals surface area contributed by atoms with Crippen LogP contribution in [0.25, 0.3) is 4.85 Å². The molecule has 112 valence electrons. The van der Waals surface area contributed by atoms with Gasteiger partial charge < -0.3 is 0 Å². The van der Waals surface area contributed by atoms with Gasteiger partial charge in [-0.1, -0.05) is 41.5 Å². The summed E-state index contributed by atoms with van der Waals surface area (Å²) >= 11 is 0. The number of nitriles is 1. The molecule has 0 aromatic heterocycles. The van der Waals surface area contributed by atoms with Crippen LogP contribution in [0.15, 0.2) is 33.2 Å². The van der Waals surface area contributed by atoms with Gasteiger partial charge in [0, 0.05) is 0 Å². The molecule has 1 aliphatic heterocycles. The average molecular weight is 304 g/mol. The molecule has 1 rings (SSSR count). The van der Waals surface area contributed by atoms with E-state index in [1.54, 1.807) is 0 Å². The number of sulfone groups is 1. The van der Waals surface area contributed by atoms with Crippen molar-refractivity contribution in [3.05, 3.63) is 44.6 Å². The van der Waals surface area contributed by atoms with E-state index in [1.165, 1.54) is 12.2 Å². The van der Waals surface area contributed by atoms with E-state index in [0.29, 0.717) is 5.57 Å². The van der Waals surface area contributed by atoms with Crippen molar-refractivity contribution in [2.75, 3.05) is 0 Å². The number of rotatable bonds is 0. The Balaban J connectivity index is 3.85. The van der Waals surface area contributed by atoms with Crippen LogP contribution in [-0.4, -0.2) is 8.42 Å². The molecule has 1 heterocycles. The third-order valence-electron chi connectivity index (χ3n) is 3.12. The highest BCUT2D eigenvalue weighted by atomic mass is 32.2. The third kappa shape index (κ3) is 3.25. The fourth-order valence-electron chi connectivity index (χ4n) is 2.13. The number of hydrogen-bond acceptors (Lipinski definition) is 3. The Kier molecular flexibility index (Phi) is 4.23. The maximum absolute atomic E-state index is 12.8. The average Bonchev–Trinajstić information content (AvgIpc) is 2.28. The van der Waals surface area contributed by atoms with Crippen molar-refractivity contribution in [2.45, 2.75) is 41.5 Å². The molecule has 5 heteroatoms. The molecular formula is C16H20N2O2S. The summed E-state index contributed by atoms with van der Waals surface area (Å²) in [6, 6.07) is 1.83. The predicted molar refractivity (Wildman–Crippen MR) is 83.2 cm³/mol. The molecular weight excluding hydrogens is 284 g/mol. The summed E-state index contributed by atoms with van der Waals surface area (Å²) in [5.41, 5.74) is -0.917. The first-order valence-corrected chi connectivity index (χ1v) is 8.05. The predicted octanol–water partition coefficient (Wildman–Crippen LogP) is 3.97. The molecule has 0 radical (unpaired) electrons. The van der Waals surface area contributed by atoms with E-state index in [0.717, 1.165) is 0 Å². The first kappa shape index (κ1) is 17.2. The highest BCUT2D eigenvalue weighted by Gasteiger charge is 2.39. The lowest BCUT2D eigenvalue weighted by molar-refractivity contribution is 0.493. The van der Waals surface area contributed by atoms with Crippen molar-refractivity contribution in [3.63, 3.8) is 0 Å². The first-order valence-electron chi connectivity index (χ1n) is 6.57. The second-order valence-corrected chi connectivity index (χ2v) is 8.93. The van der Waals surface area contributed by atoms with Crippen LogP contribution < -0.4 is 0 Å². The van der Waals surface area contributed by atoms with E-state index in [9.17, 15) is 8.42 Å². The highest BCUT2D eigenvalue weighted by Crippen LogP contribution is 2.44. The largest absolute Gasteiger partial charge is 0.269 e. The standard InChI is InChI=1S/C16H20N2O2S/c1-15(2,3)13-8-11(12(10-17)18-7)9-14(16(4,5)6)21(13,19)20/h8-9H,1-6H3. The van der Waals surface area contributed by atoms with Gasteiger partial charge in [-0.05, 0) is 28.6 Å². The molecule has 0 unspecified atom stereocenters. The van der Waals surface area contributed by atoms with Crippen LogP contribution >= 0.6 is 0 Å². The summed E-state index contributed by atoms with van der Waals surface area (Å²) in [6.45, 7) is 17.9. The molecule has 0 saturated heterocycles. The molecule has 21 heavy (non-hydrogen) atoms. The Morgan fingerprint density at radius 3 is 1.71 bits per heavy atom. The molecule has 0 bridgehead atoms. The lowest BCUT2D eigenvalue weighted by Crippen LogP contribution is -2.28. The van der Waals surface area contributed by atoms with Gasteiger partial charge >= 0.3 is 0 Å². The smallest absolute Gasteiger partial charge is 0.226 e. The van der Waals surface area contributed by atoms with Crippen molar-refractivity contribution in [3.8, 4) is 6.07 Å². The zero-order chi connectivity index (χ0) is 16.6. The molecule has 0 N–H and O–H groups in total. The maximum Gasteiger partial charge on any atom is 0.269 e. The van der Waals surface area contributed by atoms with Gasteiger partial charge in [0.05, 0.1) is 22.5 Å². The van der Waals surface area contributed by atoms with Crippen molar-refractivity contribution >= 4 is 9.84 Å². The Morgan fingerprint density at radius 2 is 1.48 bits per heavy atom. The quantitative estimate of drug-likeness (QED) is 0.502. The molecule has 0 amide bonds. The van der Waals surface area contributed by atoms with E-state index in [4.69, 9.17) is 11.8 Å². The SMILES string of the molecule is [C-]#[N+]C(C#N)=C1C=C(C(C)(C)C)S(=O)(=O)C(C(C)(C)C)=C1. The van der Waals surface area contributed by atoms with Crippen LogP contribution in [0, 0.1) is 28.7 Å². The molecule has 0 fully saturated rings. The van der Waals surface area contributed by atoms with Gasteiger partial charge in [0.25, 0.3) is 5.70 Å². The van der Waals surface area contributed by atoms with Gasteiger partial charge in [-0.15, -0.1) is 0 Å². The molecule has 0 saturated carbocycles. The van der Waals surface area contributed by atoms with Crippen LogP contribution in [-0.2, 0) is 9.84 Å². The van der Waals surface area contributed by atoms with Crippen LogP contribution in [0.3, 0.4) is 0 Å². The molecule has 0 aromatic carbocycles. The fourth-order valence-corrected chi connectivity index (χ4v) is 4.54. The molecule has 0 aliphatic carbocycles. The van der Waals surface area contributed by atoms with Gasteiger partial charge in [0.1, 0.15) is 0 Å². The number of nitrogens with zero attached hydrogens (tertiary/aromatic N) is 2. The first-order chi connectivity index (χ1) is 9.35. The summed E-state index contributed by atoms with van der Waals surface area (Å²) in [6.07, 6.45) is 2.92. The lowest BCUT2D eigenvalue weighted by Gasteiger charge is -2.32. The molecule has 1 aliphatic rings. The molecule has 0 atom stereocenters. The normalized spacial score (nSPS) is 18.2. The maximum atomic E-state index is 12.8. The summed E-state index contributed by atoms with van der Waals surface area (Å²) in [5.74, 6) is 0. The highest BCUT2D eigenvalue weighted by molar-refractivity contribution is 7.99. The number of allylic oxidation sites excluding steroid dienone is 6. The second-order valence-electron chi connectivity index (χ2n) is 7.05. The second kappa shape index (κ2) is 5.16. The van der Waals surface area contributed by atoms with Gasteiger partial charge in [0.15, 0.2) is 9.84 Å². The van der Waals surface area contributed by atoms with Gasteiger partial charge in [-0.25, -0.2) is 18.5 Å². The molecule has 4 nitrogen and oxygen atoms in total. The van der Waals surface area contributed by atoms with Gasteiger partial charge in [0.2, 0.25) is 0 Å². The van der Waals surface area contributed by atoms with E-state index in [-0.39, 0.29) is 15.5 Å². The minimum atomic E-state index is -3.59. The molecule has 0 spiro atoms. The summed E-state index contributed by atoms with van der Waals surface area (Å²) in [5, 5.41) is 9.06. The fraction of sp³-hybridized carbons (Fsp3) is 0.500. The summed E-state index contributed by atoms with van der Waals surface area (Å²) < 4.78 is 25.7. The van der Waals surface area contributed by atoms with Crippen molar-refractivity contribution in [1.82, 2.24) is 0 Å². The van der Waals surface area contributed by atoms with Crippen molar-refractivity contribution < 1.29 is 8.42 Å². The Morgan fingerprint density at radius 1 is 1.10 bits per heavy atom. The summed E-state index contributed by atoms with van der Waals surface area (Å²) in [7, 11) is -3.59. The Bertz CT molecular complexity index is 682. The van der Waals surface area contributed by atoms with Crippen LogP contribution in [0.2, 0.25) is 0 Å². The topological polar surface area (TPSA) is 62.3 Å². The zero-order valence-electron chi connectivity index (χ0n) is 13.3. The van der Waals surface area contributed by atoms with Crippen molar-refractivity contribution in [1.29, 1.82) is 5.26 Å². The van der Waals surface area contributed by atoms with E-state index < -0.39 is 20.7 Å². The summed E-state index contributed by atoms with van der Waals surface area (Å²) in [4.78, 5) is 3.68. The lowest BCUT2D eigenvalue weighted by atomic mass is 9.91. The van der Waals surface area contributed by atoms with Crippen LogP contribution in [0.5, 0.6) is 0 Å². The van der Waals surface area contributed by atoms with E-state index >= 15 is 0 Å². The van der Waals surface area contributed by atoms with E-state index in [1.807, 2.05) is 47.6 Å². The minimum absolute atomic E-state index is 0.0894. The minimum Gasteiger partial charge on any atom is -0.226 e. The molecule has 0 aromatic rings. The van der Waals surface area contributed by atoms with Crippen LogP contribution in [0.4, 0.5) is 0 Å². The van der Waals surface area contributed by atoms with Crippen LogP contribution in [0.1, 0.15) is 41.5 Å². The zero-order valence-corrected chi connectivity index (χ0v) is 14.1. The van der Waals surface area contributed by atoms with Gasteiger partial charge in [-0.2, -0.15) is 0 Å². The van der Waals surface area contributed by atoms with Crippen molar-refractivity contribution in [2.24, 2.45) is 10.8 Å². The Hall–Kier alpha value is -1.85. The monoisotopic (exact) mass is 304 g/mol. The van der Waals surface area contributed by atoms with E-state index in [2.05, 4.69) is 4.85 Å². The number of hydrogen-bond donors (Lipinski definition) is 0. The third-order valence-corrected chi connectivity index (χ3v) is 5.74. The van der Waals surface area contributed by atoms with Gasteiger partial charge in [-0.3, -0.25) is 0 Å².